The summed E-state index contributed by atoms with van der Waals surface area (Å²) in [5.74, 6) is -0.714. The Morgan fingerprint density at radius 2 is 1.15 bits per heavy atom. The molecule has 0 aromatic rings. The molecule has 1 heterocycles. The molecule has 1 amide bonds. The minimum absolute atomic E-state index is 0.247. The highest BCUT2D eigenvalue weighted by molar-refractivity contribution is 5.80. The molecule has 0 spiro atoms. The van der Waals surface area contributed by atoms with Gasteiger partial charge in [-0.05, 0) is 51.4 Å². The summed E-state index contributed by atoms with van der Waals surface area (Å²) >= 11 is 0. The number of rotatable bonds is 33. The number of ether oxygens (including phenoxy) is 2. The lowest BCUT2D eigenvalue weighted by atomic mass is 9.98. The van der Waals surface area contributed by atoms with E-state index in [0.29, 0.717) is 19.3 Å². The number of aliphatic hydroxyl groups is 7. The van der Waals surface area contributed by atoms with Gasteiger partial charge in [0.15, 0.2) is 6.29 Å². The summed E-state index contributed by atoms with van der Waals surface area (Å²) in [6.07, 6.45) is 21.0. The zero-order chi connectivity index (χ0) is 38.4. The smallest absolute Gasteiger partial charge is 0.249 e. The number of amides is 1. The molecule has 306 valence electrons. The van der Waals surface area contributed by atoms with Gasteiger partial charge in [0.1, 0.15) is 36.6 Å². The van der Waals surface area contributed by atoms with Gasteiger partial charge in [0, 0.05) is 0 Å². The summed E-state index contributed by atoms with van der Waals surface area (Å²) in [7, 11) is 0. The van der Waals surface area contributed by atoms with E-state index in [4.69, 9.17) is 9.47 Å². The minimum Gasteiger partial charge on any atom is -0.394 e. The Kier molecular flexibility index (Phi) is 29.8. The number of carbonyl (C=O) groups is 1. The molecule has 9 atom stereocenters. The molecule has 1 fully saturated rings. The van der Waals surface area contributed by atoms with Gasteiger partial charge < -0.3 is 50.5 Å². The fourth-order valence-electron chi connectivity index (χ4n) is 6.45. The zero-order valence-electron chi connectivity index (χ0n) is 32.5. The maximum Gasteiger partial charge on any atom is 0.249 e. The first-order chi connectivity index (χ1) is 25.2. The van der Waals surface area contributed by atoms with Gasteiger partial charge in [-0.1, -0.05) is 134 Å². The first kappa shape index (κ1) is 48.6. The second kappa shape index (κ2) is 31.9. The molecule has 1 aliphatic rings. The molecule has 52 heavy (non-hydrogen) atoms. The molecule has 1 rings (SSSR count). The normalized spacial score (nSPS) is 23.3. The van der Waals surface area contributed by atoms with E-state index >= 15 is 0 Å². The van der Waals surface area contributed by atoms with Gasteiger partial charge >= 0.3 is 0 Å². The van der Waals surface area contributed by atoms with Crippen LogP contribution in [0.1, 0.15) is 162 Å². The Bertz CT molecular complexity index is 903. The van der Waals surface area contributed by atoms with Crippen LogP contribution < -0.4 is 5.32 Å². The summed E-state index contributed by atoms with van der Waals surface area (Å²) in [5.41, 5.74) is 0. The molecule has 8 N–H and O–H groups in total. The number of aliphatic hydroxyl groups excluding tert-OH is 7. The molecule has 1 aliphatic heterocycles. The van der Waals surface area contributed by atoms with Crippen molar-refractivity contribution in [2.45, 2.75) is 217 Å². The Morgan fingerprint density at radius 3 is 1.71 bits per heavy atom. The fourth-order valence-corrected chi connectivity index (χ4v) is 6.45. The van der Waals surface area contributed by atoms with Crippen molar-refractivity contribution >= 4 is 5.91 Å². The predicted octanol–water partition coefficient (Wildman–Crippen LogP) is 5.49. The minimum atomic E-state index is -1.67. The van der Waals surface area contributed by atoms with Crippen molar-refractivity contribution in [3.8, 4) is 0 Å². The van der Waals surface area contributed by atoms with Crippen LogP contribution in [0, 0.1) is 0 Å². The number of nitrogens with one attached hydrogen (secondary N) is 1. The molecule has 0 aromatic carbocycles. The molecule has 11 nitrogen and oxygen atoms in total. The summed E-state index contributed by atoms with van der Waals surface area (Å²) in [4.78, 5) is 13.0. The number of unbranched alkanes of at least 4 members (excludes halogenated alkanes) is 17. The van der Waals surface area contributed by atoms with Crippen molar-refractivity contribution in [3.05, 3.63) is 24.3 Å². The van der Waals surface area contributed by atoms with E-state index in [0.717, 1.165) is 38.5 Å². The lowest BCUT2D eigenvalue weighted by Gasteiger charge is -2.40. The van der Waals surface area contributed by atoms with Crippen LogP contribution in [0.25, 0.3) is 0 Å². The molecular formula is C41H77NO10. The number of hydrogen-bond donors (Lipinski definition) is 8. The molecule has 0 bridgehead atoms. The van der Waals surface area contributed by atoms with Gasteiger partial charge in [-0.25, -0.2) is 0 Å². The average molecular weight is 744 g/mol. The molecule has 9 unspecified atom stereocenters. The Balaban J connectivity index is 2.57. The standard InChI is InChI=1S/C41H77NO10/c1-3-5-7-9-11-13-15-16-17-18-19-21-22-24-26-28-33(44)36(46)32(31-51-41-39(49)38(48)37(47)35(30-43)52-41)42-40(50)34(45)29-27-25-23-20-14-12-10-8-6-4-2/h16-17,21-22,32-39,41,43-49H,3-15,18-20,23-31H2,1-2H3,(H,42,50)/b17-16+,22-21+. The van der Waals surface area contributed by atoms with E-state index in [1.54, 1.807) is 0 Å². The number of hydrogen-bond acceptors (Lipinski definition) is 10. The van der Waals surface area contributed by atoms with Crippen LogP contribution >= 0.6 is 0 Å². The van der Waals surface area contributed by atoms with Crippen molar-refractivity contribution in [3.63, 3.8) is 0 Å². The van der Waals surface area contributed by atoms with Gasteiger partial charge in [0.25, 0.3) is 0 Å². The summed E-state index contributed by atoms with van der Waals surface area (Å²) in [6, 6.07) is -1.18. The van der Waals surface area contributed by atoms with Crippen LogP contribution in [0.5, 0.6) is 0 Å². The molecular weight excluding hydrogens is 666 g/mol. The maximum atomic E-state index is 13.0. The third-order valence-corrected chi connectivity index (χ3v) is 9.98. The van der Waals surface area contributed by atoms with Crippen LogP contribution in [-0.2, 0) is 14.3 Å². The van der Waals surface area contributed by atoms with Crippen molar-refractivity contribution < 1.29 is 50.0 Å². The van der Waals surface area contributed by atoms with Gasteiger partial charge in [0.2, 0.25) is 5.91 Å². The number of allylic oxidation sites excluding steroid dienone is 4. The van der Waals surface area contributed by atoms with Crippen LogP contribution in [0.4, 0.5) is 0 Å². The van der Waals surface area contributed by atoms with Gasteiger partial charge in [-0.2, -0.15) is 0 Å². The quantitative estimate of drug-likeness (QED) is 0.0315. The van der Waals surface area contributed by atoms with Crippen molar-refractivity contribution in [2.24, 2.45) is 0 Å². The van der Waals surface area contributed by atoms with Crippen LogP contribution in [0.15, 0.2) is 24.3 Å². The van der Waals surface area contributed by atoms with Crippen molar-refractivity contribution in [1.29, 1.82) is 0 Å². The maximum absolute atomic E-state index is 13.0. The monoisotopic (exact) mass is 744 g/mol. The van der Waals surface area contributed by atoms with Crippen molar-refractivity contribution in [2.75, 3.05) is 13.2 Å². The lowest BCUT2D eigenvalue weighted by molar-refractivity contribution is -0.303. The highest BCUT2D eigenvalue weighted by atomic mass is 16.7. The van der Waals surface area contributed by atoms with Crippen LogP contribution in [0.3, 0.4) is 0 Å². The molecule has 0 aromatic heterocycles. The molecule has 11 heteroatoms. The second-order valence-corrected chi connectivity index (χ2v) is 14.7. The summed E-state index contributed by atoms with van der Waals surface area (Å²) in [5, 5.41) is 75.2. The topological polar surface area (TPSA) is 189 Å². The van der Waals surface area contributed by atoms with Crippen LogP contribution in [0.2, 0.25) is 0 Å². The molecule has 0 aliphatic carbocycles. The molecule has 0 radical (unpaired) electrons. The Hall–Kier alpha value is -1.41. The first-order valence-electron chi connectivity index (χ1n) is 20.7. The lowest BCUT2D eigenvalue weighted by Crippen LogP contribution is -2.60. The van der Waals surface area contributed by atoms with E-state index in [2.05, 4.69) is 43.5 Å². The predicted molar refractivity (Wildman–Crippen MR) is 205 cm³/mol. The van der Waals surface area contributed by atoms with Crippen LogP contribution in [-0.4, -0.2) is 110 Å². The van der Waals surface area contributed by atoms with E-state index < -0.39 is 74.2 Å². The van der Waals surface area contributed by atoms with E-state index in [1.807, 2.05) is 0 Å². The van der Waals surface area contributed by atoms with E-state index in [1.165, 1.54) is 77.0 Å². The van der Waals surface area contributed by atoms with Gasteiger partial charge in [-0.15, -0.1) is 0 Å². The summed E-state index contributed by atoms with van der Waals surface area (Å²) in [6.45, 7) is 3.36. The average Bonchev–Trinajstić information content (AvgIpc) is 3.14. The first-order valence-corrected chi connectivity index (χ1v) is 20.7. The van der Waals surface area contributed by atoms with Gasteiger partial charge in [0.05, 0.1) is 25.4 Å². The largest absolute Gasteiger partial charge is 0.394 e. The van der Waals surface area contributed by atoms with Crippen molar-refractivity contribution in [1.82, 2.24) is 5.32 Å². The highest BCUT2D eigenvalue weighted by Gasteiger charge is 2.44. The fraction of sp³-hybridized carbons (Fsp3) is 0.878. The SMILES string of the molecule is CCCCCCCC/C=C/CC/C=C/CCCC(O)C(O)C(COC1OC(CO)C(O)C(O)C1O)NC(=O)C(O)CCCCCCCCCCCC. The number of carbonyl (C=O) groups excluding carboxylic acids is 1. The summed E-state index contributed by atoms with van der Waals surface area (Å²) < 4.78 is 11.0. The second-order valence-electron chi connectivity index (χ2n) is 14.7. The highest BCUT2D eigenvalue weighted by Crippen LogP contribution is 2.23. The third kappa shape index (κ3) is 22.1. The Labute approximate surface area is 314 Å². The van der Waals surface area contributed by atoms with E-state index in [9.17, 15) is 40.5 Å². The molecule has 1 saturated heterocycles. The Morgan fingerprint density at radius 1 is 0.654 bits per heavy atom. The zero-order valence-corrected chi connectivity index (χ0v) is 32.5. The van der Waals surface area contributed by atoms with Gasteiger partial charge in [-0.3, -0.25) is 4.79 Å². The molecule has 0 saturated carbocycles. The van der Waals surface area contributed by atoms with E-state index in [-0.39, 0.29) is 12.8 Å². The third-order valence-electron chi connectivity index (χ3n) is 9.98.